The molecule has 0 atom stereocenters. The van der Waals surface area contributed by atoms with Gasteiger partial charge in [-0.2, -0.15) is 8.42 Å². The molecule has 0 saturated heterocycles. The first-order valence-electron chi connectivity index (χ1n) is 8.12. The van der Waals surface area contributed by atoms with E-state index < -0.39 is 16.0 Å². The fourth-order valence-corrected chi connectivity index (χ4v) is 4.96. The Labute approximate surface area is 165 Å². The summed E-state index contributed by atoms with van der Waals surface area (Å²) in [5.74, 6) is -0.455. The number of hydrogen-bond donors (Lipinski definition) is 0. The third-order valence-corrected chi connectivity index (χ3v) is 6.43. The van der Waals surface area contributed by atoms with E-state index in [-0.39, 0.29) is 22.8 Å². The molecule has 0 aliphatic heterocycles. The molecule has 0 fully saturated rings. The number of aryl methyl sites for hydroxylation is 1. The Kier molecular flexibility index (Phi) is 5.69. The van der Waals surface area contributed by atoms with Crippen molar-refractivity contribution in [3.8, 4) is 0 Å². The number of esters is 1. The maximum absolute atomic E-state index is 12.7. The zero-order chi connectivity index (χ0) is 19.6. The van der Waals surface area contributed by atoms with Crippen molar-refractivity contribution in [3.63, 3.8) is 0 Å². The first-order valence-corrected chi connectivity index (χ1v) is 10.8. The molecular weight excluding hydrogens is 408 g/mol. The zero-order valence-electron chi connectivity index (χ0n) is 14.7. The van der Waals surface area contributed by atoms with Gasteiger partial charge < -0.3 is 9.30 Å². The fraction of sp³-hybridized carbons (Fsp3) is 0.222. The van der Waals surface area contributed by atoms with Gasteiger partial charge in [0.15, 0.2) is 0 Å². The van der Waals surface area contributed by atoms with Crippen LogP contribution in [0.1, 0.15) is 12.5 Å². The van der Waals surface area contributed by atoms with E-state index in [1.54, 1.807) is 11.5 Å². The first kappa shape index (κ1) is 19.6. The summed E-state index contributed by atoms with van der Waals surface area (Å²) in [6, 6.07) is 11.4. The largest absolute Gasteiger partial charge is 0.465 e. The van der Waals surface area contributed by atoms with E-state index in [1.165, 1.54) is 35.6 Å². The van der Waals surface area contributed by atoms with Crippen LogP contribution in [0.25, 0.3) is 10.2 Å². The van der Waals surface area contributed by atoms with Crippen LogP contribution in [-0.2, 0) is 26.1 Å². The second-order valence-corrected chi connectivity index (χ2v) is 8.82. The minimum atomic E-state index is -3.95. The first-order chi connectivity index (χ1) is 12.8. The molecule has 6 nitrogen and oxygen atoms in total. The summed E-state index contributed by atoms with van der Waals surface area (Å²) < 4.78 is 36.8. The molecule has 1 heterocycles. The average molecular weight is 425 g/mol. The smallest absolute Gasteiger partial charge is 0.326 e. The zero-order valence-corrected chi connectivity index (χ0v) is 17.1. The number of aromatic nitrogens is 1. The molecule has 0 amide bonds. The van der Waals surface area contributed by atoms with Gasteiger partial charge in [-0.1, -0.05) is 29.0 Å². The number of hydrogen-bond acceptors (Lipinski definition) is 5. The lowest BCUT2D eigenvalue weighted by Gasteiger charge is -2.05. The summed E-state index contributed by atoms with van der Waals surface area (Å²) >= 11 is 7.03. The molecule has 9 heteroatoms. The summed E-state index contributed by atoms with van der Waals surface area (Å²) in [6.45, 7) is 3.78. The fourth-order valence-electron chi connectivity index (χ4n) is 2.50. The Morgan fingerprint density at radius 2 is 1.93 bits per heavy atom. The molecule has 0 radical (unpaired) electrons. The highest BCUT2D eigenvalue weighted by Gasteiger charge is 2.16. The number of rotatable bonds is 5. The van der Waals surface area contributed by atoms with E-state index in [2.05, 4.69) is 4.40 Å². The molecule has 3 rings (SSSR count). The molecule has 0 N–H and O–H groups in total. The van der Waals surface area contributed by atoms with Crippen molar-refractivity contribution in [1.82, 2.24) is 4.57 Å². The number of carbonyl (C=O) groups excluding carboxylic acids is 1. The molecular formula is C18H17ClN2O4S2. The number of nitrogens with zero attached hydrogens (tertiary/aromatic N) is 2. The predicted octanol–water partition coefficient (Wildman–Crippen LogP) is 3.52. The lowest BCUT2D eigenvalue weighted by molar-refractivity contribution is -0.143. The maximum atomic E-state index is 12.7. The normalized spacial score (nSPS) is 12.5. The molecule has 0 unspecified atom stereocenters. The lowest BCUT2D eigenvalue weighted by Crippen LogP contribution is -2.23. The van der Waals surface area contributed by atoms with E-state index in [0.717, 1.165) is 15.8 Å². The van der Waals surface area contributed by atoms with Gasteiger partial charge in [0.2, 0.25) is 4.80 Å². The van der Waals surface area contributed by atoms with Crippen LogP contribution < -0.4 is 4.80 Å². The number of ether oxygens (including phenoxy) is 1. The SMILES string of the molecule is CCOC(=O)Cn1/c(=N/S(=O)(=O)c2ccc(Cl)cc2)sc2cc(C)ccc21. The van der Waals surface area contributed by atoms with Gasteiger partial charge in [-0.05, 0) is 55.8 Å². The van der Waals surface area contributed by atoms with Crippen LogP contribution >= 0.6 is 22.9 Å². The highest BCUT2D eigenvalue weighted by molar-refractivity contribution is 7.90. The summed E-state index contributed by atoms with van der Waals surface area (Å²) in [5, 5.41) is 0.434. The molecule has 27 heavy (non-hydrogen) atoms. The van der Waals surface area contributed by atoms with Crippen molar-refractivity contribution in [2.45, 2.75) is 25.3 Å². The van der Waals surface area contributed by atoms with Crippen LogP contribution in [0.3, 0.4) is 0 Å². The Balaban J connectivity index is 2.18. The number of halogens is 1. The Morgan fingerprint density at radius 1 is 1.22 bits per heavy atom. The molecule has 142 valence electrons. The lowest BCUT2D eigenvalue weighted by atomic mass is 10.2. The minimum Gasteiger partial charge on any atom is -0.465 e. The van der Waals surface area contributed by atoms with Gasteiger partial charge in [-0.3, -0.25) is 4.79 Å². The summed E-state index contributed by atoms with van der Waals surface area (Å²) in [6.07, 6.45) is 0. The molecule has 0 spiro atoms. The second kappa shape index (κ2) is 7.84. The molecule has 0 saturated carbocycles. The van der Waals surface area contributed by atoms with Crippen molar-refractivity contribution in [2.24, 2.45) is 4.40 Å². The minimum absolute atomic E-state index is 0.0308. The maximum Gasteiger partial charge on any atom is 0.326 e. The molecule has 0 aliphatic carbocycles. The summed E-state index contributed by atoms with van der Waals surface area (Å²) in [4.78, 5) is 12.2. The third-order valence-electron chi connectivity index (χ3n) is 3.74. The quantitative estimate of drug-likeness (QED) is 0.587. The standard InChI is InChI=1S/C18H17ClN2O4S2/c1-3-25-17(22)11-21-15-9-4-12(2)10-16(15)26-18(21)20-27(23,24)14-7-5-13(19)6-8-14/h4-10H,3,11H2,1-2H3/b20-18-. The van der Waals surface area contributed by atoms with Crippen LogP contribution in [0.4, 0.5) is 0 Å². The topological polar surface area (TPSA) is 77.7 Å². The van der Waals surface area contributed by atoms with Gasteiger partial charge in [-0.15, -0.1) is 4.40 Å². The molecule has 0 aliphatic rings. The summed E-state index contributed by atoms with van der Waals surface area (Å²) in [7, 11) is -3.95. The van der Waals surface area contributed by atoms with Crippen molar-refractivity contribution < 1.29 is 17.9 Å². The van der Waals surface area contributed by atoms with E-state index in [9.17, 15) is 13.2 Å². The number of sulfonamides is 1. The molecule has 3 aromatic rings. The van der Waals surface area contributed by atoms with E-state index in [0.29, 0.717) is 5.02 Å². The highest BCUT2D eigenvalue weighted by Crippen LogP contribution is 2.21. The van der Waals surface area contributed by atoms with Gasteiger partial charge in [0.05, 0.1) is 21.7 Å². The highest BCUT2D eigenvalue weighted by atomic mass is 35.5. The van der Waals surface area contributed by atoms with Crippen LogP contribution in [-0.4, -0.2) is 25.6 Å². The second-order valence-electron chi connectivity index (χ2n) is 5.77. The van der Waals surface area contributed by atoms with Gasteiger partial charge in [0.25, 0.3) is 10.0 Å². The van der Waals surface area contributed by atoms with Crippen LogP contribution in [0, 0.1) is 6.92 Å². The monoisotopic (exact) mass is 424 g/mol. The molecule has 2 aromatic carbocycles. The Morgan fingerprint density at radius 3 is 2.59 bits per heavy atom. The predicted molar refractivity (Wildman–Crippen MR) is 105 cm³/mol. The van der Waals surface area contributed by atoms with Gasteiger partial charge in [-0.25, -0.2) is 0 Å². The summed E-state index contributed by atoms with van der Waals surface area (Å²) in [5.41, 5.74) is 1.75. The van der Waals surface area contributed by atoms with Crippen molar-refractivity contribution in [1.29, 1.82) is 0 Å². The number of fused-ring (bicyclic) bond motifs is 1. The average Bonchev–Trinajstić information content (AvgIpc) is 2.91. The molecule has 0 bridgehead atoms. The van der Waals surface area contributed by atoms with Crippen molar-refractivity contribution >= 4 is 49.1 Å². The van der Waals surface area contributed by atoms with Gasteiger partial charge in [0, 0.05) is 5.02 Å². The van der Waals surface area contributed by atoms with Gasteiger partial charge >= 0.3 is 5.97 Å². The van der Waals surface area contributed by atoms with E-state index in [1.807, 2.05) is 25.1 Å². The van der Waals surface area contributed by atoms with Crippen LogP contribution in [0.15, 0.2) is 51.8 Å². The van der Waals surface area contributed by atoms with Crippen molar-refractivity contribution in [2.75, 3.05) is 6.61 Å². The van der Waals surface area contributed by atoms with E-state index >= 15 is 0 Å². The van der Waals surface area contributed by atoms with Crippen LogP contribution in [0.2, 0.25) is 5.02 Å². The van der Waals surface area contributed by atoms with E-state index in [4.69, 9.17) is 16.3 Å². The third kappa shape index (κ3) is 4.40. The van der Waals surface area contributed by atoms with Gasteiger partial charge in [0.1, 0.15) is 6.54 Å². The Bertz CT molecular complexity index is 1160. The number of thiazole rings is 1. The number of benzene rings is 2. The molecule has 1 aromatic heterocycles. The van der Waals surface area contributed by atoms with Crippen molar-refractivity contribution in [3.05, 3.63) is 57.9 Å². The number of carbonyl (C=O) groups is 1. The van der Waals surface area contributed by atoms with Crippen LogP contribution in [0.5, 0.6) is 0 Å². The Hall–Kier alpha value is -2.16.